The molecule has 0 unspecified atom stereocenters. The molecule has 0 spiro atoms. The fourth-order valence-electron chi connectivity index (χ4n) is 2.24. The highest BCUT2D eigenvalue weighted by atomic mass is 19.1. The van der Waals surface area contributed by atoms with Gasteiger partial charge in [-0.1, -0.05) is 12.1 Å². The van der Waals surface area contributed by atoms with Gasteiger partial charge in [-0.15, -0.1) is 0 Å². The van der Waals surface area contributed by atoms with E-state index < -0.39 is 0 Å². The third-order valence-electron chi connectivity index (χ3n) is 3.48. The Bertz CT molecular complexity index is 601. The Labute approximate surface area is 128 Å². The topological polar surface area (TPSA) is 73.8 Å². The number of carbonyl (C=O) groups excluding carboxylic acids is 2. The van der Waals surface area contributed by atoms with Crippen LogP contribution in [0.5, 0.6) is 0 Å². The van der Waals surface area contributed by atoms with Crippen molar-refractivity contribution in [3.63, 3.8) is 0 Å². The van der Waals surface area contributed by atoms with E-state index in [1.54, 1.807) is 6.07 Å². The Morgan fingerprint density at radius 1 is 1.45 bits per heavy atom. The Hall–Kier alpha value is -2.28. The van der Waals surface area contributed by atoms with Gasteiger partial charge in [0.15, 0.2) is 0 Å². The summed E-state index contributed by atoms with van der Waals surface area (Å²) >= 11 is 0. The molecule has 0 aromatic heterocycles. The number of nitrogens with one attached hydrogen (secondary N) is 2. The van der Waals surface area contributed by atoms with Gasteiger partial charge in [0.1, 0.15) is 11.5 Å². The van der Waals surface area contributed by atoms with Gasteiger partial charge in [-0.25, -0.2) is 9.82 Å². The van der Waals surface area contributed by atoms with Gasteiger partial charge in [-0.05, 0) is 31.8 Å². The minimum atomic E-state index is -0.316. The number of hydrazone groups is 1. The van der Waals surface area contributed by atoms with Crippen LogP contribution < -0.4 is 10.7 Å². The van der Waals surface area contributed by atoms with Crippen molar-refractivity contribution in [1.82, 2.24) is 15.6 Å². The van der Waals surface area contributed by atoms with Crippen LogP contribution >= 0.6 is 0 Å². The van der Waals surface area contributed by atoms with Crippen molar-refractivity contribution in [3.8, 4) is 0 Å². The number of carbonyl (C=O) groups is 2. The summed E-state index contributed by atoms with van der Waals surface area (Å²) in [6.07, 6.45) is 0.581. The number of likely N-dealkylation sites (N-methyl/N-ethyl adjacent to an activating group) is 1. The van der Waals surface area contributed by atoms with Crippen molar-refractivity contribution in [1.29, 1.82) is 0 Å². The molecule has 0 aliphatic carbocycles. The third kappa shape index (κ3) is 4.11. The van der Waals surface area contributed by atoms with E-state index >= 15 is 0 Å². The molecule has 22 heavy (non-hydrogen) atoms. The van der Waals surface area contributed by atoms with E-state index in [1.165, 1.54) is 12.1 Å². The van der Waals surface area contributed by atoms with E-state index in [4.69, 9.17) is 0 Å². The summed E-state index contributed by atoms with van der Waals surface area (Å²) in [7, 11) is 3.72. The summed E-state index contributed by atoms with van der Waals surface area (Å²) in [5.41, 5.74) is 3.37. The highest BCUT2D eigenvalue weighted by molar-refractivity contribution is 6.39. The number of hydrogen-bond donors (Lipinski definition) is 2. The second kappa shape index (κ2) is 7.13. The smallest absolute Gasteiger partial charge is 0.267 e. The van der Waals surface area contributed by atoms with Crippen molar-refractivity contribution in [2.75, 3.05) is 20.6 Å². The first kappa shape index (κ1) is 16.1. The first-order valence-electron chi connectivity index (χ1n) is 7.03. The monoisotopic (exact) mass is 306 g/mol. The average Bonchev–Trinajstić information content (AvgIpc) is 2.47. The molecule has 0 fully saturated rings. The quantitative estimate of drug-likeness (QED) is 0.845. The molecular weight excluding hydrogens is 287 g/mol. The summed E-state index contributed by atoms with van der Waals surface area (Å²) < 4.78 is 13.4. The Kier molecular flexibility index (Phi) is 5.21. The Morgan fingerprint density at radius 2 is 2.23 bits per heavy atom. The second-order valence-corrected chi connectivity index (χ2v) is 5.34. The van der Waals surface area contributed by atoms with Crippen LogP contribution in [-0.4, -0.2) is 43.1 Å². The van der Waals surface area contributed by atoms with E-state index in [9.17, 15) is 14.0 Å². The first-order valence-corrected chi connectivity index (χ1v) is 7.03. The lowest BCUT2D eigenvalue weighted by molar-refractivity contribution is -0.121. The van der Waals surface area contributed by atoms with Crippen LogP contribution in [0.1, 0.15) is 24.4 Å². The van der Waals surface area contributed by atoms with E-state index in [2.05, 4.69) is 15.8 Å². The number of hydrogen-bond acceptors (Lipinski definition) is 4. The van der Waals surface area contributed by atoms with Gasteiger partial charge in [0, 0.05) is 19.4 Å². The number of benzene rings is 1. The maximum absolute atomic E-state index is 13.4. The average molecular weight is 306 g/mol. The van der Waals surface area contributed by atoms with Gasteiger partial charge in [0.05, 0.1) is 6.04 Å². The minimum Gasteiger partial charge on any atom is -0.349 e. The molecule has 1 aliphatic rings. The number of amides is 2. The Morgan fingerprint density at radius 3 is 2.82 bits per heavy atom. The molecule has 0 bridgehead atoms. The molecule has 0 radical (unpaired) electrons. The van der Waals surface area contributed by atoms with Crippen LogP contribution in [0, 0.1) is 5.82 Å². The van der Waals surface area contributed by atoms with Crippen molar-refractivity contribution in [3.05, 3.63) is 35.6 Å². The molecule has 7 heteroatoms. The summed E-state index contributed by atoms with van der Waals surface area (Å²) in [6, 6.07) is 6.14. The number of rotatable bonds is 5. The van der Waals surface area contributed by atoms with Gasteiger partial charge in [0.25, 0.3) is 5.91 Å². The van der Waals surface area contributed by atoms with Gasteiger partial charge in [-0.2, -0.15) is 5.10 Å². The summed E-state index contributed by atoms with van der Waals surface area (Å²) in [6.45, 7) is 0.322. The fourth-order valence-corrected chi connectivity index (χ4v) is 2.24. The van der Waals surface area contributed by atoms with Crippen molar-refractivity contribution in [2.45, 2.75) is 18.9 Å². The van der Waals surface area contributed by atoms with Crippen molar-refractivity contribution < 1.29 is 14.0 Å². The zero-order chi connectivity index (χ0) is 16.1. The lowest BCUT2D eigenvalue weighted by Crippen LogP contribution is -2.40. The predicted molar refractivity (Wildman–Crippen MR) is 80.6 cm³/mol. The molecule has 0 saturated heterocycles. The van der Waals surface area contributed by atoms with E-state index in [0.717, 1.165) is 5.56 Å². The van der Waals surface area contributed by atoms with Crippen LogP contribution in [0.15, 0.2) is 29.4 Å². The molecule has 1 atom stereocenters. The highest BCUT2D eigenvalue weighted by Crippen LogP contribution is 2.18. The van der Waals surface area contributed by atoms with Gasteiger partial charge >= 0.3 is 0 Å². The van der Waals surface area contributed by atoms with Crippen molar-refractivity contribution in [2.24, 2.45) is 5.10 Å². The highest BCUT2D eigenvalue weighted by Gasteiger charge is 2.20. The molecule has 2 N–H and O–H groups in total. The predicted octanol–water partition coefficient (Wildman–Crippen LogP) is 0.811. The molecule has 6 nitrogen and oxygen atoms in total. The molecule has 1 heterocycles. The molecule has 0 saturated carbocycles. The van der Waals surface area contributed by atoms with E-state index in [-0.39, 0.29) is 30.1 Å². The SMILES string of the molecule is CN(C)[C@H](CNC(=O)C1=NNC(=O)CC1)c1cccc(F)c1. The third-order valence-corrected chi connectivity index (χ3v) is 3.48. The molecule has 1 aromatic rings. The second-order valence-electron chi connectivity index (χ2n) is 5.34. The van der Waals surface area contributed by atoms with Gasteiger partial charge in [-0.3, -0.25) is 9.59 Å². The van der Waals surface area contributed by atoms with Crippen LogP contribution in [-0.2, 0) is 9.59 Å². The number of nitrogens with zero attached hydrogens (tertiary/aromatic N) is 2. The summed E-state index contributed by atoms with van der Waals surface area (Å²) in [5.74, 6) is -0.819. The zero-order valence-corrected chi connectivity index (χ0v) is 12.6. The summed E-state index contributed by atoms with van der Waals surface area (Å²) in [4.78, 5) is 25.0. The van der Waals surface area contributed by atoms with Gasteiger partial charge < -0.3 is 10.2 Å². The fraction of sp³-hybridized carbons (Fsp3) is 0.400. The minimum absolute atomic E-state index is 0.154. The maximum Gasteiger partial charge on any atom is 0.267 e. The van der Waals surface area contributed by atoms with Crippen LogP contribution in [0.3, 0.4) is 0 Å². The lowest BCUT2D eigenvalue weighted by atomic mass is 10.1. The van der Waals surface area contributed by atoms with Crippen LogP contribution in [0.2, 0.25) is 0 Å². The standard InChI is InChI=1S/C15H19FN4O2/c1-20(2)13(10-4-3-5-11(16)8-10)9-17-15(22)12-6-7-14(21)19-18-12/h3-5,8,13H,6-7,9H2,1-2H3,(H,17,22)(H,19,21)/t13-/m1/s1. The molecule has 118 valence electrons. The van der Waals surface area contributed by atoms with E-state index in [0.29, 0.717) is 18.7 Å². The molecular formula is C15H19FN4O2. The zero-order valence-electron chi connectivity index (χ0n) is 12.6. The molecule has 2 amide bonds. The first-order chi connectivity index (χ1) is 10.5. The van der Waals surface area contributed by atoms with E-state index in [1.807, 2.05) is 25.1 Å². The molecule has 1 aromatic carbocycles. The maximum atomic E-state index is 13.4. The summed E-state index contributed by atoms with van der Waals surface area (Å²) in [5, 5.41) is 6.53. The Balaban J connectivity index is 2.00. The van der Waals surface area contributed by atoms with Crippen LogP contribution in [0.4, 0.5) is 4.39 Å². The molecule has 1 aliphatic heterocycles. The number of halogens is 1. The van der Waals surface area contributed by atoms with Crippen molar-refractivity contribution >= 4 is 17.5 Å². The molecule has 2 rings (SSSR count). The largest absolute Gasteiger partial charge is 0.349 e. The lowest BCUT2D eigenvalue weighted by Gasteiger charge is -2.25. The van der Waals surface area contributed by atoms with Gasteiger partial charge in [0.2, 0.25) is 5.91 Å². The van der Waals surface area contributed by atoms with Crippen LogP contribution in [0.25, 0.3) is 0 Å². The normalized spacial score (nSPS) is 16.0.